The van der Waals surface area contributed by atoms with Crippen LogP contribution in [-0.4, -0.2) is 29.3 Å². The van der Waals surface area contributed by atoms with E-state index in [0.717, 1.165) is 28.8 Å². The van der Waals surface area contributed by atoms with Crippen molar-refractivity contribution >= 4 is 11.6 Å². The smallest absolute Gasteiger partial charge is 0.251 e. The molecule has 0 spiro atoms. The molecule has 1 aromatic heterocycles. The van der Waals surface area contributed by atoms with E-state index in [-0.39, 0.29) is 5.91 Å². The molecule has 2 N–H and O–H groups in total. The summed E-state index contributed by atoms with van der Waals surface area (Å²) < 4.78 is 1.76. The molecule has 0 bridgehead atoms. The van der Waals surface area contributed by atoms with Gasteiger partial charge in [0.2, 0.25) is 0 Å². The minimum atomic E-state index is -0.0333. The number of benzene rings is 1. The zero-order valence-corrected chi connectivity index (χ0v) is 12.1. The van der Waals surface area contributed by atoms with Crippen LogP contribution in [0.3, 0.4) is 0 Å². The van der Waals surface area contributed by atoms with Gasteiger partial charge in [-0.05, 0) is 42.7 Å². The third kappa shape index (κ3) is 3.38. The van der Waals surface area contributed by atoms with Crippen LogP contribution in [0.15, 0.2) is 30.6 Å². The molecule has 20 heavy (non-hydrogen) atoms. The lowest BCUT2D eigenvalue weighted by Crippen LogP contribution is -2.26. The molecule has 0 atom stereocenters. The molecule has 0 aliphatic carbocycles. The molecular formula is C15H20N4O. The fourth-order valence-corrected chi connectivity index (χ4v) is 2.09. The zero-order chi connectivity index (χ0) is 14.5. The topological polar surface area (TPSA) is 59.0 Å². The van der Waals surface area contributed by atoms with Gasteiger partial charge in [0.25, 0.3) is 5.91 Å². The van der Waals surface area contributed by atoms with Crippen LogP contribution in [0.25, 0.3) is 0 Å². The summed E-state index contributed by atoms with van der Waals surface area (Å²) in [6.07, 6.45) is 4.56. The Labute approximate surface area is 119 Å². The van der Waals surface area contributed by atoms with E-state index in [0.29, 0.717) is 6.54 Å². The lowest BCUT2D eigenvalue weighted by Gasteiger charge is -2.09. The van der Waals surface area contributed by atoms with Crippen LogP contribution >= 0.6 is 0 Å². The lowest BCUT2D eigenvalue weighted by atomic mass is 10.1. The summed E-state index contributed by atoms with van der Waals surface area (Å²) in [6, 6.07) is 5.72. The van der Waals surface area contributed by atoms with Crippen LogP contribution in [-0.2, 0) is 13.5 Å². The van der Waals surface area contributed by atoms with Crippen LogP contribution in [0.2, 0.25) is 0 Å². The van der Waals surface area contributed by atoms with Crippen molar-refractivity contribution in [1.82, 2.24) is 15.1 Å². The van der Waals surface area contributed by atoms with Gasteiger partial charge >= 0.3 is 0 Å². The van der Waals surface area contributed by atoms with Crippen LogP contribution < -0.4 is 10.6 Å². The Morgan fingerprint density at radius 1 is 1.40 bits per heavy atom. The fraction of sp³-hybridized carbons (Fsp3) is 0.333. The highest BCUT2D eigenvalue weighted by Crippen LogP contribution is 2.14. The Kier molecular flexibility index (Phi) is 4.40. The zero-order valence-electron chi connectivity index (χ0n) is 12.1. The molecule has 0 aliphatic heterocycles. The molecule has 0 unspecified atom stereocenters. The van der Waals surface area contributed by atoms with Gasteiger partial charge in [-0.25, -0.2) is 0 Å². The van der Waals surface area contributed by atoms with Crippen molar-refractivity contribution < 1.29 is 4.79 Å². The molecule has 1 amide bonds. The highest BCUT2D eigenvalue weighted by molar-refractivity contribution is 5.96. The molecule has 2 rings (SSSR count). The van der Waals surface area contributed by atoms with Crippen molar-refractivity contribution in [1.29, 1.82) is 0 Å². The first-order valence-electron chi connectivity index (χ1n) is 6.64. The van der Waals surface area contributed by atoms with Gasteiger partial charge in [-0.1, -0.05) is 0 Å². The van der Waals surface area contributed by atoms with Gasteiger partial charge < -0.3 is 10.6 Å². The summed E-state index contributed by atoms with van der Waals surface area (Å²) in [5.74, 6) is -0.0333. The Bertz CT molecular complexity index is 604. The molecule has 0 aliphatic rings. The molecule has 1 aromatic carbocycles. The Hall–Kier alpha value is -2.30. The number of nitrogens with one attached hydrogen (secondary N) is 2. The van der Waals surface area contributed by atoms with E-state index in [4.69, 9.17) is 0 Å². The summed E-state index contributed by atoms with van der Waals surface area (Å²) in [4.78, 5) is 12.1. The van der Waals surface area contributed by atoms with Crippen LogP contribution in [0, 0.1) is 6.92 Å². The van der Waals surface area contributed by atoms with Crippen molar-refractivity contribution in [3.63, 3.8) is 0 Å². The summed E-state index contributed by atoms with van der Waals surface area (Å²) in [7, 11) is 3.75. The number of rotatable bonds is 5. The van der Waals surface area contributed by atoms with E-state index < -0.39 is 0 Å². The van der Waals surface area contributed by atoms with Crippen LogP contribution in [0.1, 0.15) is 21.5 Å². The number of carbonyl (C=O) groups is 1. The second-order valence-electron chi connectivity index (χ2n) is 4.81. The largest absolute Gasteiger partial charge is 0.388 e. The molecule has 0 saturated carbocycles. The Morgan fingerprint density at radius 3 is 2.80 bits per heavy atom. The normalized spacial score (nSPS) is 10.3. The number of amides is 1. The maximum Gasteiger partial charge on any atom is 0.251 e. The third-order valence-corrected chi connectivity index (χ3v) is 3.22. The summed E-state index contributed by atoms with van der Waals surface area (Å²) in [6.45, 7) is 2.55. The van der Waals surface area contributed by atoms with Crippen LogP contribution in [0.4, 0.5) is 5.69 Å². The predicted octanol–water partition coefficient (Wildman–Crippen LogP) is 1.74. The molecule has 0 saturated heterocycles. The van der Waals surface area contributed by atoms with E-state index in [1.807, 2.05) is 51.6 Å². The van der Waals surface area contributed by atoms with Gasteiger partial charge in [-0.15, -0.1) is 0 Å². The average molecular weight is 272 g/mol. The first-order chi connectivity index (χ1) is 9.60. The highest BCUT2D eigenvalue weighted by Gasteiger charge is 2.08. The Morgan fingerprint density at radius 2 is 2.20 bits per heavy atom. The predicted molar refractivity (Wildman–Crippen MR) is 80.0 cm³/mol. The first-order valence-corrected chi connectivity index (χ1v) is 6.64. The highest BCUT2D eigenvalue weighted by atomic mass is 16.1. The SMILES string of the molecule is CNc1ccc(C(=O)NCCc2cnn(C)c2)c(C)c1. The van der Waals surface area contributed by atoms with Crippen molar-refractivity contribution in [3.8, 4) is 0 Å². The number of hydrogen-bond acceptors (Lipinski definition) is 3. The summed E-state index contributed by atoms with van der Waals surface area (Å²) >= 11 is 0. The van der Waals surface area contributed by atoms with E-state index in [1.54, 1.807) is 4.68 Å². The first kappa shape index (κ1) is 14.1. The number of aryl methyl sites for hydroxylation is 2. The van der Waals surface area contributed by atoms with Gasteiger partial charge in [0.1, 0.15) is 0 Å². The number of aromatic nitrogens is 2. The standard InChI is InChI=1S/C15H20N4O/c1-11-8-13(16-2)4-5-14(11)15(20)17-7-6-12-9-18-19(3)10-12/h4-5,8-10,16H,6-7H2,1-3H3,(H,17,20). The van der Waals surface area contributed by atoms with Gasteiger partial charge in [0.05, 0.1) is 6.20 Å². The second-order valence-corrected chi connectivity index (χ2v) is 4.81. The minimum absolute atomic E-state index is 0.0333. The fourth-order valence-electron chi connectivity index (χ4n) is 2.09. The Balaban J connectivity index is 1.91. The molecule has 5 nitrogen and oxygen atoms in total. The van der Waals surface area contributed by atoms with Gasteiger partial charge in [0, 0.05) is 38.1 Å². The molecular weight excluding hydrogens is 252 g/mol. The minimum Gasteiger partial charge on any atom is -0.388 e. The van der Waals surface area contributed by atoms with E-state index in [2.05, 4.69) is 15.7 Å². The molecule has 5 heteroatoms. The van der Waals surface area contributed by atoms with Crippen molar-refractivity contribution in [2.24, 2.45) is 7.05 Å². The second kappa shape index (κ2) is 6.23. The molecule has 0 radical (unpaired) electrons. The van der Waals surface area contributed by atoms with Crippen molar-refractivity contribution in [2.75, 3.05) is 18.9 Å². The van der Waals surface area contributed by atoms with Gasteiger partial charge in [0.15, 0.2) is 0 Å². The third-order valence-electron chi connectivity index (χ3n) is 3.22. The maximum atomic E-state index is 12.1. The quantitative estimate of drug-likeness (QED) is 0.871. The number of carbonyl (C=O) groups excluding carboxylic acids is 1. The van der Waals surface area contributed by atoms with Crippen molar-refractivity contribution in [3.05, 3.63) is 47.3 Å². The monoisotopic (exact) mass is 272 g/mol. The molecule has 1 heterocycles. The lowest BCUT2D eigenvalue weighted by molar-refractivity contribution is 0.0953. The molecule has 0 fully saturated rings. The number of nitrogens with zero attached hydrogens (tertiary/aromatic N) is 2. The van der Waals surface area contributed by atoms with E-state index in [1.165, 1.54) is 0 Å². The summed E-state index contributed by atoms with van der Waals surface area (Å²) in [5.41, 5.74) is 3.82. The van der Waals surface area contributed by atoms with Gasteiger partial charge in [-0.3, -0.25) is 9.48 Å². The van der Waals surface area contributed by atoms with Gasteiger partial charge in [-0.2, -0.15) is 5.10 Å². The maximum absolute atomic E-state index is 12.1. The molecule has 106 valence electrons. The van der Waals surface area contributed by atoms with E-state index >= 15 is 0 Å². The molecule has 2 aromatic rings. The number of hydrogen-bond donors (Lipinski definition) is 2. The number of anilines is 1. The average Bonchev–Trinajstić information content (AvgIpc) is 2.84. The van der Waals surface area contributed by atoms with Crippen LogP contribution in [0.5, 0.6) is 0 Å². The van der Waals surface area contributed by atoms with E-state index in [9.17, 15) is 4.79 Å². The summed E-state index contributed by atoms with van der Waals surface area (Å²) in [5, 5.41) is 10.1. The van der Waals surface area contributed by atoms with Crippen molar-refractivity contribution in [2.45, 2.75) is 13.3 Å².